The van der Waals surface area contributed by atoms with E-state index in [1.165, 1.54) is 0 Å². The van der Waals surface area contributed by atoms with E-state index in [1.807, 2.05) is 0 Å². The smallest absolute Gasteiger partial charge is 0.314 e. The van der Waals surface area contributed by atoms with Gasteiger partial charge < -0.3 is 20.5 Å². The van der Waals surface area contributed by atoms with E-state index in [0.717, 1.165) is 31.4 Å². The van der Waals surface area contributed by atoms with Crippen LogP contribution in [0.2, 0.25) is 0 Å². The Kier molecular flexibility index (Phi) is 5.63. The molecule has 0 heterocycles. The highest BCUT2D eigenvalue weighted by Gasteiger charge is 2.27. The van der Waals surface area contributed by atoms with E-state index >= 15 is 0 Å². The highest BCUT2D eigenvalue weighted by molar-refractivity contribution is 5.75. The minimum Gasteiger partial charge on any atom is -0.497 e. The lowest BCUT2D eigenvalue weighted by atomic mass is 9.82. The van der Waals surface area contributed by atoms with Gasteiger partial charge in [-0.3, -0.25) is 10.2 Å². The van der Waals surface area contributed by atoms with Gasteiger partial charge in [0.15, 0.2) is 5.96 Å². The molecule has 1 fully saturated rings. The number of esters is 1. The van der Waals surface area contributed by atoms with E-state index in [2.05, 4.69) is 5.32 Å². The molecule has 0 bridgehead atoms. The summed E-state index contributed by atoms with van der Waals surface area (Å²) in [6.45, 7) is 0.704. The number of carbonyl (C=O) groups is 1. The number of benzene rings is 1. The van der Waals surface area contributed by atoms with E-state index in [9.17, 15) is 4.79 Å². The second-order valence-corrected chi connectivity index (χ2v) is 5.61. The van der Waals surface area contributed by atoms with Crippen molar-refractivity contribution in [1.82, 2.24) is 5.32 Å². The first kappa shape index (κ1) is 16.1. The van der Waals surface area contributed by atoms with Crippen LogP contribution in [0.3, 0.4) is 0 Å². The SMILES string of the molecule is COc1ccc(OC(=O)[C@H]2CC[C@H](CNC(=N)N)CC2)cc1. The molecule has 2 rings (SSSR count). The summed E-state index contributed by atoms with van der Waals surface area (Å²) in [6, 6.07) is 7.01. The summed E-state index contributed by atoms with van der Waals surface area (Å²) in [5.74, 6) is 1.54. The Morgan fingerprint density at radius 2 is 1.82 bits per heavy atom. The fourth-order valence-electron chi connectivity index (χ4n) is 2.70. The molecule has 1 aromatic rings. The van der Waals surface area contributed by atoms with Crippen LogP contribution in [0.25, 0.3) is 0 Å². The number of methoxy groups -OCH3 is 1. The van der Waals surface area contributed by atoms with Gasteiger partial charge in [-0.2, -0.15) is 0 Å². The lowest BCUT2D eigenvalue weighted by Crippen LogP contribution is -2.36. The van der Waals surface area contributed by atoms with Crippen molar-refractivity contribution in [1.29, 1.82) is 5.41 Å². The Labute approximate surface area is 130 Å². The molecule has 1 aliphatic rings. The van der Waals surface area contributed by atoms with Crippen molar-refractivity contribution in [2.24, 2.45) is 17.6 Å². The number of hydrogen-bond acceptors (Lipinski definition) is 4. The minimum atomic E-state index is -0.164. The van der Waals surface area contributed by atoms with Crippen LogP contribution < -0.4 is 20.5 Å². The van der Waals surface area contributed by atoms with Crippen molar-refractivity contribution in [2.75, 3.05) is 13.7 Å². The van der Waals surface area contributed by atoms with E-state index < -0.39 is 0 Å². The number of hydrogen-bond donors (Lipinski definition) is 3. The number of nitrogens with two attached hydrogens (primary N) is 1. The Morgan fingerprint density at radius 1 is 1.23 bits per heavy atom. The molecule has 1 saturated carbocycles. The largest absolute Gasteiger partial charge is 0.497 e. The topological polar surface area (TPSA) is 97.4 Å². The van der Waals surface area contributed by atoms with Crippen LogP contribution in [0.15, 0.2) is 24.3 Å². The zero-order valence-electron chi connectivity index (χ0n) is 12.8. The van der Waals surface area contributed by atoms with E-state index in [-0.39, 0.29) is 17.8 Å². The van der Waals surface area contributed by atoms with Gasteiger partial charge in [-0.1, -0.05) is 0 Å². The minimum absolute atomic E-state index is 0.000962. The molecular formula is C16H23N3O3. The molecule has 1 aliphatic carbocycles. The highest BCUT2D eigenvalue weighted by atomic mass is 16.5. The summed E-state index contributed by atoms with van der Waals surface area (Å²) in [5, 5.41) is 10.0. The molecule has 0 radical (unpaired) electrons. The van der Waals surface area contributed by atoms with Crippen LogP contribution in [-0.4, -0.2) is 25.6 Å². The molecule has 120 valence electrons. The molecule has 0 saturated heterocycles. The predicted molar refractivity (Wildman–Crippen MR) is 84.0 cm³/mol. The molecular weight excluding hydrogens is 282 g/mol. The lowest BCUT2D eigenvalue weighted by Gasteiger charge is -2.27. The van der Waals surface area contributed by atoms with Gasteiger partial charge in [0.25, 0.3) is 0 Å². The third-order valence-electron chi connectivity index (χ3n) is 4.04. The number of guanidine groups is 1. The van der Waals surface area contributed by atoms with Crippen LogP contribution in [0, 0.1) is 17.2 Å². The van der Waals surface area contributed by atoms with Crippen molar-refractivity contribution >= 4 is 11.9 Å². The molecule has 0 aromatic heterocycles. The average molecular weight is 305 g/mol. The number of ether oxygens (including phenoxy) is 2. The molecule has 1 aromatic carbocycles. The van der Waals surface area contributed by atoms with Gasteiger partial charge in [0.2, 0.25) is 0 Å². The Bertz CT molecular complexity index is 508. The molecule has 0 amide bonds. The van der Waals surface area contributed by atoms with Crippen molar-refractivity contribution in [2.45, 2.75) is 25.7 Å². The molecule has 4 N–H and O–H groups in total. The van der Waals surface area contributed by atoms with Gasteiger partial charge in [0.05, 0.1) is 13.0 Å². The van der Waals surface area contributed by atoms with Gasteiger partial charge in [-0.15, -0.1) is 0 Å². The number of rotatable bonds is 5. The first-order chi connectivity index (χ1) is 10.6. The standard InChI is InChI=1S/C16H23N3O3/c1-21-13-6-8-14(9-7-13)22-15(20)12-4-2-11(3-5-12)10-19-16(17)18/h6-9,11-12H,2-5,10H2,1H3,(H4,17,18,19)/t11-,12-. The van der Waals surface area contributed by atoms with Gasteiger partial charge in [-0.25, -0.2) is 0 Å². The summed E-state index contributed by atoms with van der Waals surface area (Å²) in [5.41, 5.74) is 5.28. The predicted octanol–water partition coefficient (Wildman–Crippen LogP) is 1.89. The van der Waals surface area contributed by atoms with Crippen molar-refractivity contribution in [3.63, 3.8) is 0 Å². The second-order valence-electron chi connectivity index (χ2n) is 5.61. The van der Waals surface area contributed by atoms with E-state index in [1.54, 1.807) is 31.4 Å². The summed E-state index contributed by atoms with van der Waals surface area (Å²) >= 11 is 0. The summed E-state index contributed by atoms with van der Waals surface area (Å²) in [6.07, 6.45) is 3.53. The molecule has 0 aliphatic heterocycles. The number of nitrogens with one attached hydrogen (secondary N) is 2. The monoisotopic (exact) mass is 305 g/mol. The van der Waals surface area contributed by atoms with Gasteiger partial charge in [0, 0.05) is 6.54 Å². The fraction of sp³-hybridized carbons (Fsp3) is 0.500. The Balaban J connectivity index is 1.78. The molecule has 22 heavy (non-hydrogen) atoms. The zero-order chi connectivity index (χ0) is 15.9. The van der Waals surface area contributed by atoms with Gasteiger partial charge in [-0.05, 0) is 55.9 Å². The summed E-state index contributed by atoms with van der Waals surface area (Å²) in [7, 11) is 1.60. The maximum Gasteiger partial charge on any atom is 0.314 e. The lowest BCUT2D eigenvalue weighted by molar-refractivity contribution is -0.140. The fourth-order valence-corrected chi connectivity index (χ4v) is 2.70. The average Bonchev–Trinajstić information content (AvgIpc) is 2.54. The van der Waals surface area contributed by atoms with Gasteiger partial charge >= 0.3 is 5.97 Å². The Hall–Kier alpha value is -2.24. The normalized spacial score (nSPS) is 21.0. The van der Waals surface area contributed by atoms with Crippen LogP contribution in [0.4, 0.5) is 0 Å². The third-order valence-corrected chi connectivity index (χ3v) is 4.04. The third kappa shape index (κ3) is 4.65. The summed E-state index contributed by atoms with van der Waals surface area (Å²) in [4.78, 5) is 12.2. The van der Waals surface area contributed by atoms with E-state index in [4.69, 9.17) is 20.6 Å². The van der Waals surface area contributed by atoms with Gasteiger partial charge in [0.1, 0.15) is 11.5 Å². The molecule has 6 heteroatoms. The first-order valence-corrected chi connectivity index (χ1v) is 7.52. The van der Waals surface area contributed by atoms with Crippen LogP contribution >= 0.6 is 0 Å². The maximum absolute atomic E-state index is 12.2. The van der Waals surface area contributed by atoms with Crippen molar-refractivity contribution in [3.8, 4) is 11.5 Å². The van der Waals surface area contributed by atoms with Crippen molar-refractivity contribution in [3.05, 3.63) is 24.3 Å². The van der Waals surface area contributed by atoms with Crippen LogP contribution in [0.1, 0.15) is 25.7 Å². The molecule has 0 unspecified atom stereocenters. The van der Waals surface area contributed by atoms with Crippen molar-refractivity contribution < 1.29 is 14.3 Å². The molecule has 0 spiro atoms. The van der Waals surface area contributed by atoms with E-state index in [0.29, 0.717) is 18.2 Å². The second kappa shape index (κ2) is 7.68. The number of carbonyl (C=O) groups excluding carboxylic acids is 1. The quantitative estimate of drug-likeness (QED) is 0.334. The first-order valence-electron chi connectivity index (χ1n) is 7.52. The summed E-state index contributed by atoms with van der Waals surface area (Å²) < 4.78 is 10.5. The molecule has 0 atom stereocenters. The molecule has 6 nitrogen and oxygen atoms in total. The van der Waals surface area contributed by atoms with Crippen LogP contribution in [0.5, 0.6) is 11.5 Å². The maximum atomic E-state index is 12.2. The Morgan fingerprint density at radius 3 is 2.36 bits per heavy atom. The zero-order valence-corrected chi connectivity index (χ0v) is 12.8. The highest BCUT2D eigenvalue weighted by Crippen LogP contribution is 2.30. The van der Waals surface area contributed by atoms with Crippen LogP contribution in [-0.2, 0) is 4.79 Å².